The van der Waals surface area contributed by atoms with Crippen LogP contribution in [0, 0.1) is 0 Å². The Kier molecular flexibility index (Phi) is 22.8. The Bertz CT molecular complexity index is 368. The fourth-order valence-corrected chi connectivity index (χ4v) is 3.47. The highest BCUT2D eigenvalue weighted by atomic mass is 32.1. The molecule has 1 aromatic rings. The van der Waals surface area contributed by atoms with Crippen LogP contribution < -0.4 is 0 Å². The summed E-state index contributed by atoms with van der Waals surface area (Å²) in [5, 5.41) is 0. The molecular formula is C26H46S. The first-order valence-corrected chi connectivity index (χ1v) is 12.3. The van der Waals surface area contributed by atoms with Crippen molar-refractivity contribution in [3.8, 4) is 0 Å². The summed E-state index contributed by atoms with van der Waals surface area (Å²) in [5.74, 6) is 1.07. The fourth-order valence-electron chi connectivity index (χ4n) is 3.25. The first-order chi connectivity index (χ1) is 13.3. The summed E-state index contributed by atoms with van der Waals surface area (Å²) >= 11 is 4.24. The van der Waals surface area contributed by atoms with E-state index in [1.807, 2.05) is 36.4 Å². The number of unbranched alkanes of at least 4 members (excludes halogenated alkanes) is 15. The topological polar surface area (TPSA) is 0 Å². The van der Waals surface area contributed by atoms with E-state index in [0.29, 0.717) is 0 Å². The van der Waals surface area contributed by atoms with Crippen molar-refractivity contribution in [2.24, 2.45) is 0 Å². The summed E-state index contributed by atoms with van der Waals surface area (Å²) in [4.78, 5) is 0. The van der Waals surface area contributed by atoms with Gasteiger partial charge in [-0.3, -0.25) is 0 Å². The van der Waals surface area contributed by atoms with Gasteiger partial charge in [0.05, 0.1) is 0 Å². The second kappa shape index (κ2) is 23.3. The van der Waals surface area contributed by atoms with Gasteiger partial charge < -0.3 is 0 Å². The molecule has 0 amide bonds. The van der Waals surface area contributed by atoms with E-state index in [1.165, 1.54) is 108 Å². The molecule has 0 atom stereocenters. The lowest BCUT2D eigenvalue weighted by molar-refractivity contribution is 0.532. The summed E-state index contributed by atoms with van der Waals surface area (Å²) in [5.41, 5.74) is 1.17. The number of thiol groups is 1. The van der Waals surface area contributed by atoms with Gasteiger partial charge in [0.25, 0.3) is 0 Å². The van der Waals surface area contributed by atoms with Crippen molar-refractivity contribution in [1.29, 1.82) is 0 Å². The van der Waals surface area contributed by atoms with Gasteiger partial charge in [-0.15, -0.1) is 0 Å². The van der Waals surface area contributed by atoms with Crippen LogP contribution in [0.5, 0.6) is 0 Å². The molecule has 0 unspecified atom stereocenters. The van der Waals surface area contributed by atoms with E-state index in [4.69, 9.17) is 0 Å². The SMILES string of the molecule is C=Cc1ccccc1.CCCCCCCCCCCCCCCCCCS. The second-order valence-corrected chi connectivity index (χ2v) is 8.09. The van der Waals surface area contributed by atoms with Crippen LogP contribution in [-0.2, 0) is 0 Å². The van der Waals surface area contributed by atoms with Crippen LogP contribution in [0.4, 0.5) is 0 Å². The zero-order chi connectivity index (χ0) is 19.8. The van der Waals surface area contributed by atoms with Gasteiger partial charge in [-0.05, 0) is 17.7 Å². The Labute approximate surface area is 176 Å². The predicted molar refractivity (Wildman–Crippen MR) is 130 cm³/mol. The second-order valence-electron chi connectivity index (χ2n) is 7.64. The van der Waals surface area contributed by atoms with E-state index in [0.717, 1.165) is 5.75 Å². The maximum absolute atomic E-state index is 4.24. The number of rotatable bonds is 17. The highest BCUT2D eigenvalue weighted by Gasteiger charge is 1.94. The summed E-state index contributed by atoms with van der Waals surface area (Å²) < 4.78 is 0. The van der Waals surface area contributed by atoms with Crippen molar-refractivity contribution in [3.05, 3.63) is 42.5 Å². The van der Waals surface area contributed by atoms with Gasteiger partial charge in [0.2, 0.25) is 0 Å². The van der Waals surface area contributed by atoms with Crippen molar-refractivity contribution in [2.75, 3.05) is 5.75 Å². The highest BCUT2D eigenvalue weighted by molar-refractivity contribution is 7.80. The van der Waals surface area contributed by atoms with Crippen LogP contribution >= 0.6 is 12.6 Å². The normalized spacial score (nSPS) is 10.3. The third-order valence-electron chi connectivity index (χ3n) is 5.05. The molecule has 0 bridgehead atoms. The molecule has 27 heavy (non-hydrogen) atoms. The van der Waals surface area contributed by atoms with Gasteiger partial charge in [-0.2, -0.15) is 12.6 Å². The maximum Gasteiger partial charge on any atom is -0.00979 e. The van der Waals surface area contributed by atoms with E-state index in [1.54, 1.807) is 0 Å². The first kappa shape index (κ1) is 26.3. The van der Waals surface area contributed by atoms with E-state index in [2.05, 4.69) is 26.1 Å². The van der Waals surface area contributed by atoms with Crippen molar-refractivity contribution in [3.63, 3.8) is 0 Å². The summed E-state index contributed by atoms with van der Waals surface area (Å²) in [6, 6.07) is 10.0. The van der Waals surface area contributed by atoms with Crippen LogP contribution in [0.2, 0.25) is 0 Å². The zero-order valence-electron chi connectivity index (χ0n) is 18.1. The molecule has 0 fully saturated rings. The van der Waals surface area contributed by atoms with E-state index < -0.39 is 0 Å². The van der Waals surface area contributed by atoms with Crippen molar-refractivity contribution in [1.82, 2.24) is 0 Å². The summed E-state index contributed by atoms with van der Waals surface area (Å²) in [6.07, 6.45) is 25.0. The smallest absolute Gasteiger partial charge is 0.00979 e. The molecule has 0 aliphatic heterocycles. The quantitative estimate of drug-likeness (QED) is 0.199. The van der Waals surface area contributed by atoms with Crippen molar-refractivity contribution in [2.45, 2.75) is 110 Å². The lowest BCUT2D eigenvalue weighted by Crippen LogP contribution is -1.83. The fraction of sp³-hybridized carbons (Fsp3) is 0.692. The third kappa shape index (κ3) is 21.5. The van der Waals surface area contributed by atoms with Crippen LogP contribution in [-0.4, -0.2) is 5.75 Å². The Morgan fingerprint density at radius 1 is 0.630 bits per heavy atom. The average molecular weight is 391 g/mol. The van der Waals surface area contributed by atoms with Gasteiger partial charge in [0.15, 0.2) is 0 Å². The van der Waals surface area contributed by atoms with E-state index >= 15 is 0 Å². The van der Waals surface area contributed by atoms with Gasteiger partial charge >= 0.3 is 0 Å². The monoisotopic (exact) mass is 390 g/mol. The Morgan fingerprint density at radius 3 is 1.30 bits per heavy atom. The molecule has 1 aromatic carbocycles. The molecule has 0 spiro atoms. The molecular weight excluding hydrogens is 344 g/mol. The van der Waals surface area contributed by atoms with E-state index in [-0.39, 0.29) is 0 Å². The summed E-state index contributed by atoms with van der Waals surface area (Å²) in [6.45, 7) is 5.92. The average Bonchev–Trinajstić information content (AvgIpc) is 2.72. The molecule has 1 heteroatoms. The molecule has 1 rings (SSSR count). The van der Waals surface area contributed by atoms with Gasteiger partial charge in [0.1, 0.15) is 0 Å². The zero-order valence-corrected chi connectivity index (χ0v) is 19.0. The molecule has 156 valence electrons. The van der Waals surface area contributed by atoms with Crippen molar-refractivity contribution >= 4 is 18.7 Å². The van der Waals surface area contributed by atoms with Crippen LogP contribution in [0.1, 0.15) is 115 Å². The first-order valence-electron chi connectivity index (χ1n) is 11.6. The third-order valence-corrected chi connectivity index (χ3v) is 5.36. The lowest BCUT2D eigenvalue weighted by atomic mass is 10.0. The van der Waals surface area contributed by atoms with Gasteiger partial charge in [-0.25, -0.2) is 0 Å². The minimum Gasteiger partial charge on any atom is -0.179 e. The van der Waals surface area contributed by atoms with Crippen LogP contribution in [0.25, 0.3) is 6.08 Å². The molecule has 0 nitrogen and oxygen atoms in total. The van der Waals surface area contributed by atoms with Crippen LogP contribution in [0.3, 0.4) is 0 Å². The van der Waals surface area contributed by atoms with E-state index in [9.17, 15) is 0 Å². The summed E-state index contributed by atoms with van der Waals surface area (Å²) in [7, 11) is 0. The largest absolute Gasteiger partial charge is 0.179 e. The number of hydrogen-bond acceptors (Lipinski definition) is 1. The molecule has 0 saturated carbocycles. The number of hydrogen-bond donors (Lipinski definition) is 1. The predicted octanol–water partition coefficient (Wildman–Crippen LogP) is 9.51. The molecule has 0 aliphatic carbocycles. The molecule has 0 radical (unpaired) electrons. The van der Waals surface area contributed by atoms with Crippen LogP contribution in [0.15, 0.2) is 36.9 Å². The standard InChI is InChI=1S/C18H38S.C8H8/c1-2-3-4-5-6-7-8-9-10-11-12-13-14-15-16-17-18-19;1-2-8-6-4-3-5-7-8/h19H,2-18H2,1H3;2-7H,1H2. The van der Waals surface area contributed by atoms with Crippen molar-refractivity contribution < 1.29 is 0 Å². The minimum atomic E-state index is 1.07. The number of benzene rings is 1. The maximum atomic E-state index is 4.24. The lowest BCUT2D eigenvalue weighted by Gasteiger charge is -2.03. The molecule has 0 heterocycles. The Hall–Kier alpha value is -0.690. The Balaban J connectivity index is 0.000000694. The molecule has 0 saturated heterocycles. The Morgan fingerprint density at radius 2 is 1.00 bits per heavy atom. The molecule has 0 aromatic heterocycles. The van der Waals surface area contributed by atoms with Gasteiger partial charge in [0, 0.05) is 0 Å². The van der Waals surface area contributed by atoms with Gasteiger partial charge in [-0.1, -0.05) is 146 Å². The molecule has 0 aliphatic rings. The molecule has 0 N–H and O–H groups in total. The highest BCUT2D eigenvalue weighted by Crippen LogP contribution is 2.13. The minimum absolute atomic E-state index is 1.07.